The average Bonchev–Trinajstić information content (AvgIpc) is 2.63. The van der Waals surface area contributed by atoms with E-state index in [1.165, 1.54) is 32.1 Å². The first-order valence-electron chi connectivity index (χ1n) is 7.23. The lowest BCUT2D eigenvalue weighted by Crippen LogP contribution is -2.45. The van der Waals surface area contributed by atoms with Crippen molar-refractivity contribution in [3.63, 3.8) is 0 Å². The van der Waals surface area contributed by atoms with E-state index in [0.717, 1.165) is 12.8 Å². The van der Waals surface area contributed by atoms with Crippen molar-refractivity contribution in [2.24, 2.45) is 0 Å². The molecule has 0 bridgehead atoms. The number of carbonyl (C=O) groups excluding carboxylic acids is 1. The Labute approximate surface area is 105 Å². The Balaban J connectivity index is 2.16. The van der Waals surface area contributed by atoms with Crippen molar-refractivity contribution in [3.05, 3.63) is 0 Å². The highest BCUT2D eigenvalue weighted by molar-refractivity contribution is 5.88. The smallest absolute Gasteiger partial charge is 0.244 e. The fourth-order valence-electron chi connectivity index (χ4n) is 3.26. The minimum atomic E-state index is -0.321. The van der Waals surface area contributed by atoms with E-state index in [9.17, 15) is 4.79 Å². The molecule has 3 nitrogen and oxygen atoms in total. The van der Waals surface area contributed by atoms with Gasteiger partial charge in [-0.25, -0.2) is 0 Å². The molecule has 1 saturated heterocycles. The summed E-state index contributed by atoms with van der Waals surface area (Å²) in [6.07, 6.45) is 8.46. The van der Waals surface area contributed by atoms with E-state index in [0.29, 0.717) is 11.9 Å². The van der Waals surface area contributed by atoms with Gasteiger partial charge in [-0.05, 0) is 32.6 Å². The van der Waals surface area contributed by atoms with Crippen LogP contribution in [0.2, 0.25) is 0 Å². The van der Waals surface area contributed by atoms with Crippen molar-refractivity contribution in [2.75, 3.05) is 0 Å². The molecule has 1 heterocycles. The van der Waals surface area contributed by atoms with Crippen molar-refractivity contribution in [1.82, 2.24) is 10.2 Å². The third kappa shape index (κ3) is 2.22. The summed E-state index contributed by atoms with van der Waals surface area (Å²) >= 11 is 0. The van der Waals surface area contributed by atoms with Gasteiger partial charge in [0.05, 0.1) is 11.7 Å². The molecule has 17 heavy (non-hydrogen) atoms. The molecule has 1 amide bonds. The summed E-state index contributed by atoms with van der Waals surface area (Å²) in [4.78, 5) is 14.8. The first-order valence-corrected chi connectivity index (χ1v) is 7.23. The second-order valence-corrected chi connectivity index (χ2v) is 5.76. The molecule has 2 atom stereocenters. The van der Waals surface area contributed by atoms with Gasteiger partial charge in [-0.2, -0.15) is 0 Å². The summed E-state index contributed by atoms with van der Waals surface area (Å²) in [6.45, 7) is 6.32. The summed E-state index contributed by atoms with van der Waals surface area (Å²) in [5.74, 6) is 0.332. The van der Waals surface area contributed by atoms with E-state index in [2.05, 4.69) is 31.0 Å². The van der Waals surface area contributed by atoms with E-state index in [1.807, 2.05) is 0 Å². The van der Waals surface area contributed by atoms with E-state index >= 15 is 0 Å². The average molecular weight is 238 g/mol. The van der Waals surface area contributed by atoms with Crippen molar-refractivity contribution in [3.8, 4) is 0 Å². The summed E-state index contributed by atoms with van der Waals surface area (Å²) in [6, 6.07) is 0.488. The zero-order valence-electron chi connectivity index (χ0n) is 11.5. The van der Waals surface area contributed by atoms with Gasteiger partial charge in [0.1, 0.15) is 0 Å². The van der Waals surface area contributed by atoms with Crippen LogP contribution in [0.25, 0.3) is 0 Å². The third-order valence-electron chi connectivity index (χ3n) is 4.59. The Bertz CT molecular complexity index is 284. The molecule has 2 unspecified atom stereocenters. The predicted molar refractivity (Wildman–Crippen MR) is 69.6 cm³/mol. The monoisotopic (exact) mass is 238 g/mol. The zero-order valence-corrected chi connectivity index (χ0v) is 11.5. The minimum Gasteiger partial charge on any atom is -0.323 e. The maximum absolute atomic E-state index is 12.6. The molecule has 0 aromatic rings. The fraction of sp³-hybridized carbons (Fsp3) is 0.929. The molecule has 2 aliphatic rings. The van der Waals surface area contributed by atoms with Crippen molar-refractivity contribution in [1.29, 1.82) is 0 Å². The molecule has 98 valence electrons. The summed E-state index contributed by atoms with van der Waals surface area (Å²) in [7, 11) is 0. The Kier molecular flexibility index (Phi) is 3.76. The van der Waals surface area contributed by atoms with Gasteiger partial charge in [0.15, 0.2) is 0 Å². The number of hydrogen-bond donors (Lipinski definition) is 1. The van der Waals surface area contributed by atoms with Crippen LogP contribution < -0.4 is 5.32 Å². The van der Waals surface area contributed by atoms with E-state index in [-0.39, 0.29) is 11.7 Å². The summed E-state index contributed by atoms with van der Waals surface area (Å²) < 4.78 is 0. The maximum Gasteiger partial charge on any atom is 0.244 e. The molecule has 2 fully saturated rings. The van der Waals surface area contributed by atoms with Crippen LogP contribution in [-0.2, 0) is 4.79 Å². The second-order valence-electron chi connectivity index (χ2n) is 5.76. The quantitative estimate of drug-likeness (QED) is 0.820. The van der Waals surface area contributed by atoms with Crippen LogP contribution in [0.1, 0.15) is 65.7 Å². The van der Waals surface area contributed by atoms with Gasteiger partial charge in [-0.3, -0.25) is 10.1 Å². The Hall–Kier alpha value is -0.570. The van der Waals surface area contributed by atoms with Crippen LogP contribution in [0.15, 0.2) is 0 Å². The number of nitrogens with one attached hydrogen (secondary N) is 1. The maximum atomic E-state index is 12.6. The fourth-order valence-corrected chi connectivity index (χ4v) is 3.26. The number of amides is 1. The van der Waals surface area contributed by atoms with Gasteiger partial charge in [0, 0.05) is 6.04 Å². The van der Waals surface area contributed by atoms with Crippen molar-refractivity contribution in [2.45, 2.75) is 83.5 Å². The van der Waals surface area contributed by atoms with Gasteiger partial charge in [0.2, 0.25) is 5.91 Å². The first kappa shape index (κ1) is 12.9. The van der Waals surface area contributed by atoms with Crippen molar-refractivity contribution < 1.29 is 4.79 Å². The van der Waals surface area contributed by atoms with Gasteiger partial charge in [0.25, 0.3) is 0 Å². The first-order chi connectivity index (χ1) is 8.12. The minimum absolute atomic E-state index is 0.260. The van der Waals surface area contributed by atoms with Gasteiger partial charge >= 0.3 is 0 Å². The van der Waals surface area contributed by atoms with Crippen LogP contribution in [0.3, 0.4) is 0 Å². The SMILES string of the molecule is CCC1NC(C)(CC)C(=O)N1C1CCCCC1. The Morgan fingerprint density at radius 3 is 2.47 bits per heavy atom. The van der Waals surface area contributed by atoms with E-state index in [1.54, 1.807) is 0 Å². The molecular weight excluding hydrogens is 212 g/mol. The molecule has 1 N–H and O–H groups in total. The predicted octanol–water partition coefficient (Wildman–Crippen LogP) is 2.66. The zero-order chi connectivity index (χ0) is 12.5. The van der Waals surface area contributed by atoms with Gasteiger partial charge in [-0.1, -0.05) is 33.1 Å². The van der Waals surface area contributed by atoms with Crippen LogP contribution in [-0.4, -0.2) is 28.6 Å². The molecule has 2 rings (SSSR count). The lowest BCUT2D eigenvalue weighted by atomic mass is 9.92. The van der Waals surface area contributed by atoms with Crippen LogP contribution in [0.4, 0.5) is 0 Å². The number of nitrogens with zero attached hydrogens (tertiary/aromatic N) is 1. The molecule has 0 radical (unpaired) electrons. The summed E-state index contributed by atoms with van der Waals surface area (Å²) in [5, 5.41) is 3.54. The molecule has 0 aromatic carbocycles. The number of hydrogen-bond acceptors (Lipinski definition) is 2. The highest BCUT2D eigenvalue weighted by Crippen LogP contribution is 2.32. The third-order valence-corrected chi connectivity index (χ3v) is 4.59. The number of rotatable bonds is 3. The lowest BCUT2D eigenvalue weighted by molar-refractivity contribution is -0.135. The van der Waals surface area contributed by atoms with E-state index in [4.69, 9.17) is 0 Å². The lowest BCUT2D eigenvalue weighted by Gasteiger charge is -2.35. The largest absolute Gasteiger partial charge is 0.323 e. The highest BCUT2D eigenvalue weighted by atomic mass is 16.2. The molecule has 0 spiro atoms. The van der Waals surface area contributed by atoms with Gasteiger partial charge < -0.3 is 4.90 Å². The second kappa shape index (κ2) is 4.97. The molecule has 1 saturated carbocycles. The van der Waals surface area contributed by atoms with Crippen molar-refractivity contribution >= 4 is 5.91 Å². The van der Waals surface area contributed by atoms with E-state index < -0.39 is 0 Å². The Morgan fingerprint density at radius 2 is 1.94 bits per heavy atom. The van der Waals surface area contributed by atoms with Crippen LogP contribution in [0, 0.1) is 0 Å². The number of carbonyl (C=O) groups is 1. The molecule has 0 aromatic heterocycles. The molecular formula is C14H26N2O. The highest BCUT2D eigenvalue weighted by Gasteiger charge is 2.48. The standard InChI is InChI=1S/C14H26N2O/c1-4-12-15-14(3,5-2)13(17)16(12)11-9-7-6-8-10-11/h11-12,15H,4-10H2,1-3H3. The van der Waals surface area contributed by atoms with Crippen LogP contribution in [0.5, 0.6) is 0 Å². The summed E-state index contributed by atoms with van der Waals surface area (Å²) in [5.41, 5.74) is -0.321. The van der Waals surface area contributed by atoms with Gasteiger partial charge in [-0.15, -0.1) is 0 Å². The molecule has 3 heteroatoms. The normalized spacial score (nSPS) is 35.6. The van der Waals surface area contributed by atoms with Crippen LogP contribution >= 0.6 is 0 Å². The Morgan fingerprint density at radius 1 is 1.29 bits per heavy atom. The topological polar surface area (TPSA) is 32.3 Å². The molecule has 1 aliphatic heterocycles. The molecule has 1 aliphatic carbocycles.